The average molecular weight is 311 g/mol. The lowest BCUT2D eigenvalue weighted by Crippen LogP contribution is -2.24. The predicted molar refractivity (Wildman–Crippen MR) is 91.9 cm³/mol. The van der Waals surface area contributed by atoms with Crippen LogP contribution < -0.4 is 15.6 Å². The van der Waals surface area contributed by atoms with Crippen molar-refractivity contribution >= 4 is 11.4 Å². The summed E-state index contributed by atoms with van der Waals surface area (Å²) in [7, 11) is 1.59. The van der Waals surface area contributed by atoms with Crippen molar-refractivity contribution in [1.82, 2.24) is 4.98 Å². The van der Waals surface area contributed by atoms with Crippen LogP contribution in [-0.2, 0) is 0 Å². The maximum absolute atomic E-state index is 12.3. The molecule has 3 rings (SSSR count). The van der Waals surface area contributed by atoms with Crippen molar-refractivity contribution in [2.24, 2.45) is 0 Å². The van der Waals surface area contributed by atoms with Crippen LogP contribution in [0.15, 0.2) is 41.3 Å². The number of ether oxygens (including phenoxy) is 1. The van der Waals surface area contributed by atoms with Gasteiger partial charge in [0.05, 0.1) is 24.1 Å². The minimum atomic E-state index is -0.249. The second kappa shape index (κ2) is 6.69. The van der Waals surface area contributed by atoms with E-state index < -0.39 is 0 Å². The summed E-state index contributed by atoms with van der Waals surface area (Å²) in [4.78, 5) is 15.0. The lowest BCUT2D eigenvalue weighted by atomic mass is 10.0. The highest BCUT2D eigenvalue weighted by molar-refractivity contribution is 6.13. The normalized spacial score (nSPS) is 14.7. The Morgan fingerprint density at radius 1 is 1.30 bits per heavy atom. The fourth-order valence-electron chi connectivity index (χ4n) is 3.06. The number of hydrogen-bond acceptors (Lipinski definition) is 4. The van der Waals surface area contributed by atoms with E-state index in [2.05, 4.69) is 10.3 Å². The summed E-state index contributed by atoms with van der Waals surface area (Å²) >= 11 is 0. The molecule has 2 aromatic rings. The molecule has 0 spiro atoms. The molecule has 1 saturated carbocycles. The molecule has 23 heavy (non-hydrogen) atoms. The molecule has 1 aromatic heterocycles. The van der Waals surface area contributed by atoms with Crippen LogP contribution in [-0.4, -0.2) is 23.8 Å². The average Bonchev–Trinajstić information content (AvgIpc) is 3.07. The van der Waals surface area contributed by atoms with Gasteiger partial charge in [0, 0.05) is 17.8 Å². The number of hydrogen-bond donors (Lipinski definition) is 3. The summed E-state index contributed by atoms with van der Waals surface area (Å²) in [6.45, 7) is 0. The minimum Gasteiger partial charge on any atom is -0.497 e. The van der Waals surface area contributed by atoms with Gasteiger partial charge in [0.25, 0.3) is 5.56 Å². The van der Waals surface area contributed by atoms with E-state index in [4.69, 9.17) is 10.1 Å². The fourth-order valence-corrected chi connectivity index (χ4v) is 3.06. The molecule has 1 aromatic carbocycles. The second-order valence-corrected chi connectivity index (χ2v) is 5.83. The van der Waals surface area contributed by atoms with Gasteiger partial charge in [-0.05, 0) is 31.0 Å². The van der Waals surface area contributed by atoms with Crippen molar-refractivity contribution in [2.45, 2.75) is 31.7 Å². The molecule has 5 heteroatoms. The van der Waals surface area contributed by atoms with E-state index in [0.717, 1.165) is 18.5 Å². The van der Waals surface area contributed by atoms with E-state index in [1.54, 1.807) is 19.4 Å². The van der Waals surface area contributed by atoms with E-state index in [-0.39, 0.29) is 11.3 Å². The first kappa shape index (κ1) is 15.3. The maximum Gasteiger partial charge on any atom is 0.259 e. The van der Waals surface area contributed by atoms with Crippen LogP contribution in [0.5, 0.6) is 5.75 Å². The van der Waals surface area contributed by atoms with Crippen LogP contribution in [0.2, 0.25) is 0 Å². The van der Waals surface area contributed by atoms with Crippen molar-refractivity contribution in [2.75, 3.05) is 12.4 Å². The van der Waals surface area contributed by atoms with Crippen molar-refractivity contribution < 1.29 is 4.74 Å². The summed E-state index contributed by atoms with van der Waals surface area (Å²) in [5.74, 6) is 0.671. The third-order valence-electron chi connectivity index (χ3n) is 4.28. The largest absolute Gasteiger partial charge is 0.497 e. The summed E-state index contributed by atoms with van der Waals surface area (Å²) in [6.07, 6.45) is 6.27. The molecule has 0 bridgehead atoms. The van der Waals surface area contributed by atoms with Crippen LogP contribution in [0.25, 0.3) is 0 Å². The number of anilines is 1. The molecule has 0 atom stereocenters. The third kappa shape index (κ3) is 3.28. The number of rotatable bonds is 5. The number of H-pyrrole nitrogens is 1. The second-order valence-electron chi connectivity index (χ2n) is 5.83. The zero-order chi connectivity index (χ0) is 16.2. The monoisotopic (exact) mass is 311 g/mol. The summed E-state index contributed by atoms with van der Waals surface area (Å²) in [6, 6.07) is 9.45. The highest BCUT2D eigenvalue weighted by Crippen LogP contribution is 2.24. The van der Waals surface area contributed by atoms with Gasteiger partial charge in [-0.25, -0.2) is 0 Å². The molecule has 1 fully saturated rings. The summed E-state index contributed by atoms with van der Waals surface area (Å²) in [5, 5.41) is 11.9. The number of pyridine rings is 1. The molecular weight excluding hydrogens is 290 g/mol. The lowest BCUT2D eigenvalue weighted by molar-refractivity contribution is 0.414. The Bertz CT molecular complexity index is 761. The van der Waals surface area contributed by atoms with Crippen molar-refractivity contribution in [3.63, 3.8) is 0 Å². The van der Waals surface area contributed by atoms with Crippen LogP contribution in [0.4, 0.5) is 5.69 Å². The first-order valence-electron chi connectivity index (χ1n) is 7.90. The van der Waals surface area contributed by atoms with Crippen LogP contribution in [0.1, 0.15) is 36.8 Å². The van der Waals surface area contributed by atoms with Gasteiger partial charge in [0.2, 0.25) is 0 Å². The van der Waals surface area contributed by atoms with Gasteiger partial charge >= 0.3 is 0 Å². The Hall–Kier alpha value is -2.56. The summed E-state index contributed by atoms with van der Waals surface area (Å²) in [5.41, 5.74) is 1.73. The quantitative estimate of drug-likeness (QED) is 0.742. The first-order chi connectivity index (χ1) is 11.2. The molecule has 3 N–H and O–H groups in total. The highest BCUT2D eigenvalue weighted by Gasteiger charge is 2.19. The van der Waals surface area contributed by atoms with Gasteiger partial charge in [-0.3, -0.25) is 10.2 Å². The molecule has 0 aliphatic heterocycles. The van der Waals surface area contributed by atoms with Crippen LogP contribution in [0.3, 0.4) is 0 Å². The Morgan fingerprint density at radius 2 is 2.09 bits per heavy atom. The maximum atomic E-state index is 12.3. The number of nitrogens with one attached hydrogen (secondary N) is 3. The summed E-state index contributed by atoms with van der Waals surface area (Å²) < 4.78 is 5.21. The van der Waals surface area contributed by atoms with Gasteiger partial charge in [0.1, 0.15) is 5.75 Å². The number of aromatic amines is 1. The fraction of sp³-hybridized carbons (Fsp3) is 0.333. The topological polar surface area (TPSA) is 78.0 Å². The first-order valence-corrected chi connectivity index (χ1v) is 7.90. The van der Waals surface area contributed by atoms with Gasteiger partial charge in [-0.2, -0.15) is 0 Å². The molecule has 1 aliphatic carbocycles. The molecular formula is C18H21N3O2. The van der Waals surface area contributed by atoms with Crippen LogP contribution in [0, 0.1) is 5.41 Å². The molecule has 5 nitrogen and oxygen atoms in total. The van der Waals surface area contributed by atoms with Gasteiger partial charge in [-0.1, -0.05) is 25.0 Å². The van der Waals surface area contributed by atoms with Crippen molar-refractivity contribution in [3.8, 4) is 5.75 Å². The number of methoxy groups -OCH3 is 1. The van der Waals surface area contributed by atoms with Gasteiger partial charge in [0.15, 0.2) is 0 Å². The van der Waals surface area contributed by atoms with Crippen LogP contribution >= 0.6 is 0 Å². The van der Waals surface area contributed by atoms with Gasteiger partial charge in [-0.15, -0.1) is 0 Å². The number of benzene rings is 1. The minimum absolute atomic E-state index is 0.200. The Morgan fingerprint density at radius 3 is 2.83 bits per heavy atom. The van der Waals surface area contributed by atoms with E-state index in [1.165, 1.54) is 12.8 Å². The zero-order valence-electron chi connectivity index (χ0n) is 13.2. The molecule has 0 radical (unpaired) electrons. The van der Waals surface area contributed by atoms with E-state index in [1.807, 2.05) is 24.3 Å². The molecule has 1 aliphatic rings. The van der Waals surface area contributed by atoms with Crippen molar-refractivity contribution in [3.05, 3.63) is 58.0 Å². The molecule has 0 unspecified atom stereocenters. The lowest BCUT2D eigenvalue weighted by Gasteiger charge is -2.17. The van der Waals surface area contributed by atoms with E-state index in [9.17, 15) is 4.79 Å². The Balaban J connectivity index is 1.97. The molecule has 120 valence electrons. The SMILES string of the molecule is COc1cccc(C(=N)c2c(NC3CCCC3)cc[nH]c2=O)c1. The zero-order valence-corrected chi connectivity index (χ0v) is 13.2. The smallest absolute Gasteiger partial charge is 0.259 e. The van der Waals surface area contributed by atoms with E-state index >= 15 is 0 Å². The molecule has 0 saturated heterocycles. The molecule has 1 heterocycles. The molecule has 0 amide bonds. The van der Waals surface area contributed by atoms with E-state index in [0.29, 0.717) is 22.9 Å². The van der Waals surface area contributed by atoms with Gasteiger partial charge < -0.3 is 15.0 Å². The Labute approximate surface area is 135 Å². The Kier molecular flexibility index (Phi) is 4.46. The van der Waals surface area contributed by atoms with Crippen molar-refractivity contribution in [1.29, 1.82) is 5.41 Å². The number of aromatic nitrogens is 1. The third-order valence-corrected chi connectivity index (χ3v) is 4.28. The standard InChI is InChI=1S/C18H21N3O2/c1-23-14-8-4-5-12(11-14)17(19)16-15(9-10-20-18(16)22)21-13-6-2-3-7-13/h4-5,8-11,13,19H,2-3,6-7H2,1H3,(H2,20,21,22). The highest BCUT2D eigenvalue weighted by atomic mass is 16.5. The predicted octanol–water partition coefficient (Wildman–Crippen LogP) is 3.15.